The van der Waals surface area contributed by atoms with E-state index in [9.17, 15) is 4.79 Å². The summed E-state index contributed by atoms with van der Waals surface area (Å²) in [6.45, 7) is 9.12. The zero-order valence-electron chi connectivity index (χ0n) is 15.3. The molecule has 0 aromatic heterocycles. The zero-order valence-corrected chi connectivity index (χ0v) is 15.3. The van der Waals surface area contributed by atoms with E-state index in [1.165, 1.54) is 0 Å². The minimum atomic E-state index is -0.736. The van der Waals surface area contributed by atoms with Crippen molar-refractivity contribution in [2.45, 2.75) is 46.3 Å². The summed E-state index contributed by atoms with van der Waals surface area (Å²) in [5, 5.41) is 9.12. The fourth-order valence-corrected chi connectivity index (χ4v) is 2.35. The lowest BCUT2D eigenvalue weighted by Gasteiger charge is -2.23. The first-order valence-corrected chi connectivity index (χ1v) is 8.20. The highest BCUT2D eigenvalue weighted by Crippen LogP contribution is 2.32. The van der Waals surface area contributed by atoms with Crippen LogP contribution in [0.25, 0.3) is 11.1 Å². The van der Waals surface area contributed by atoms with Crippen molar-refractivity contribution in [1.82, 2.24) is 0 Å². The summed E-state index contributed by atoms with van der Waals surface area (Å²) in [4.78, 5) is 12.2. The Morgan fingerprint density at radius 2 is 1.88 bits per heavy atom. The quantitative estimate of drug-likeness (QED) is 0.762. The molecule has 25 heavy (non-hydrogen) atoms. The summed E-state index contributed by atoms with van der Waals surface area (Å²) in [6.07, 6.45) is -0.736. The van der Waals surface area contributed by atoms with E-state index in [2.05, 4.69) is 6.07 Å². The van der Waals surface area contributed by atoms with Gasteiger partial charge < -0.3 is 9.47 Å². The molecular weight excluding hydrogens is 314 g/mol. The molecule has 1 atom stereocenters. The van der Waals surface area contributed by atoms with Crippen LogP contribution in [0.3, 0.4) is 0 Å². The van der Waals surface area contributed by atoms with E-state index in [-0.39, 0.29) is 0 Å². The highest BCUT2D eigenvalue weighted by atomic mass is 16.6. The SMILES string of the molecule is Cc1ccc(O[C@@H](C)C(=O)OC(C)(C)C)c(-c2cccc(C#N)c2)c1. The van der Waals surface area contributed by atoms with E-state index in [1.54, 1.807) is 19.1 Å². The van der Waals surface area contributed by atoms with Gasteiger partial charge in [0.1, 0.15) is 11.4 Å². The van der Waals surface area contributed by atoms with Gasteiger partial charge in [0.25, 0.3) is 0 Å². The normalized spacial score (nSPS) is 12.2. The molecule has 0 saturated heterocycles. The Morgan fingerprint density at radius 1 is 1.16 bits per heavy atom. The number of benzene rings is 2. The maximum absolute atomic E-state index is 12.2. The third kappa shape index (κ3) is 5.09. The van der Waals surface area contributed by atoms with Crippen LogP contribution in [-0.4, -0.2) is 17.7 Å². The highest BCUT2D eigenvalue weighted by Gasteiger charge is 2.24. The maximum atomic E-state index is 12.2. The van der Waals surface area contributed by atoms with Crippen molar-refractivity contribution in [2.75, 3.05) is 0 Å². The molecule has 0 aliphatic rings. The topological polar surface area (TPSA) is 59.3 Å². The second-order valence-electron chi connectivity index (χ2n) is 6.99. The predicted octanol–water partition coefficient (Wildman–Crippen LogP) is 4.64. The predicted molar refractivity (Wildman–Crippen MR) is 97.3 cm³/mol. The number of nitrogens with zero attached hydrogens (tertiary/aromatic N) is 1. The molecular formula is C21H23NO3. The first-order chi connectivity index (χ1) is 11.7. The van der Waals surface area contributed by atoms with Crippen molar-refractivity contribution in [3.63, 3.8) is 0 Å². The zero-order chi connectivity index (χ0) is 18.6. The molecule has 2 rings (SSSR count). The van der Waals surface area contributed by atoms with Crippen molar-refractivity contribution < 1.29 is 14.3 Å². The van der Waals surface area contributed by atoms with E-state index >= 15 is 0 Å². The van der Waals surface area contributed by atoms with Crippen LogP contribution >= 0.6 is 0 Å². The standard InChI is InChI=1S/C21H23NO3/c1-14-9-10-19(24-15(2)20(23)25-21(3,4)5)18(11-14)17-8-6-7-16(12-17)13-22/h6-12,15H,1-5H3/t15-/m0/s1. The molecule has 0 amide bonds. The Morgan fingerprint density at radius 3 is 2.52 bits per heavy atom. The Hall–Kier alpha value is -2.80. The van der Waals surface area contributed by atoms with Crippen LogP contribution in [0.15, 0.2) is 42.5 Å². The average Bonchev–Trinajstić information content (AvgIpc) is 2.55. The number of nitriles is 1. The van der Waals surface area contributed by atoms with E-state index in [0.29, 0.717) is 11.3 Å². The summed E-state index contributed by atoms with van der Waals surface area (Å²) < 4.78 is 11.2. The molecule has 0 saturated carbocycles. The number of rotatable bonds is 4. The number of ether oxygens (including phenoxy) is 2. The van der Waals surface area contributed by atoms with Crippen molar-refractivity contribution in [3.8, 4) is 22.9 Å². The molecule has 0 aliphatic heterocycles. The first kappa shape index (κ1) is 18.5. The average molecular weight is 337 g/mol. The monoisotopic (exact) mass is 337 g/mol. The summed E-state index contributed by atoms with van der Waals surface area (Å²) in [6, 6.07) is 15.2. The van der Waals surface area contributed by atoms with Gasteiger partial charge in [-0.05, 0) is 64.4 Å². The van der Waals surface area contributed by atoms with Crippen molar-refractivity contribution in [3.05, 3.63) is 53.6 Å². The molecule has 0 aliphatic carbocycles. The summed E-state index contributed by atoms with van der Waals surface area (Å²) in [7, 11) is 0. The number of hydrogen-bond donors (Lipinski definition) is 0. The van der Waals surface area contributed by atoms with Crippen LogP contribution in [0.5, 0.6) is 5.75 Å². The molecule has 0 N–H and O–H groups in total. The molecule has 4 heteroatoms. The number of carbonyl (C=O) groups is 1. The van der Waals surface area contributed by atoms with Crippen molar-refractivity contribution >= 4 is 5.97 Å². The third-order valence-electron chi connectivity index (χ3n) is 3.48. The van der Waals surface area contributed by atoms with Crippen LogP contribution in [0.2, 0.25) is 0 Å². The van der Waals surface area contributed by atoms with Gasteiger partial charge in [0, 0.05) is 5.56 Å². The largest absolute Gasteiger partial charge is 0.478 e. The Balaban J connectivity index is 2.33. The van der Waals surface area contributed by atoms with Crippen molar-refractivity contribution in [2.24, 2.45) is 0 Å². The Kier molecular flexibility index (Phi) is 5.48. The second-order valence-corrected chi connectivity index (χ2v) is 6.99. The van der Waals surface area contributed by atoms with E-state index < -0.39 is 17.7 Å². The third-order valence-corrected chi connectivity index (χ3v) is 3.48. The Bertz CT molecular complexity index is 813. The Labute approximate surface area is 149 Å². The lowest BCUT2D eigenvalue weighted by molar-refractivity contribution is -0.162. The lowest BCUT2D eigenvalue weighted by Crippen LogP contribution is -2.33. The number of esters is 1. The van der Waals surface area contributed by atoms with Gasteiger partial charge in [-0.1, -0.05) is 23.8 Å². The highest BCUT2D eigenvalue weighted by molar-refractivity contribution is 5.77. The summed E-state index contributed by atoms with van der Waals surface area (Å²) in [5.74, 6) is 0.170. The van der Waals surface area contributed by atoms with Gasteiger partial charge in [0.2, 0.25) is 0 Å². The van der Waals surface area contributed by atoms with Crippen LogP contribution in [0.4, 0.5) is 0 Å². The number of hydrogen-bond acceptors (Lipinski definition) is 4. The summed E-state index contributed by atoms with van der Waals surface area (Å²) >= 11 is 0. The second kappa shape index (κ2) is 7.40. The van der Waals surface area contributed by atoms with Gasteiger partial charge in [-0.15, -0.1) is 0 Å². The maximum Gasteiger partial charge on any atom is 0.347 e. The van der Waals surface area contributed by atoms with Crippen LogP contribution in [0.1, 0.15) is 38.8 Å². The molecule has 0 bridgehead atoms. The lowest BCUT2D eigenvalue weighted by atomic mass is 10.0. The van der Waals surface area contributed by atoms with Gasteiger partial charge >= 0.3 is 5.97 Å². The van der Waals surface area contributed by atoms with E-state index in [0.717, 1.165) is 16.7 Å². The minimum Gasteiger partial charge on any atom is -0.478 e. The minimum absolute atomic E-state index is 0.412. The van der Waals surface area contributed by atoms with E-state index in [1.807, 2.05) is 58.0 Å². The molecule has 4 nitrogen and oxygen atoms in total. The molecule has 0 unspecified atom stereocenters. The smallest absolute Gasteiger partial charge is 0.347 e. The van der Waals surface area contributed by atoms with Gasteiger partial charge in [-0.3, -0.25) is 0 Å². The fraction of sp³-hybridized carbons (Fsp3) is 0.333. The molecule has 130 valence electrons. The van der Waals surface area contributed by atoms with E-state index in [4.69, 9.17) is 14.7 Å². The summed E-state index contributed by atoms with van der Waals surface area (Å²) in [5.41, 5.74) is 2.78. The molecule has 0 radical (unpaired) electrons. The number of aryl methyl sites for hydroxylation is 1. The first-order valence-electron chi connectivity index (χ1n) is 8.20. The van der Waals surface area contributed by atoms with Gasteiger partial charge in [0.05, 0.1) is 11.6 Å². The molecule has 0 heterocycles. The van der Waals surface area contributed by atoms with Crippen LogP contribution < -0.4 is 4.74 Å². The van der Waals surface area contributed by atoms with Crippen LogP contribution in [0, 0.1) is 18.3 Å². The van der Waals surface area contributed by atoms with Gasteiger partial charge in [-0.2, -0.15) is 5.26 Å². The molecule has 0 spiro atoms. The fourth-order valence-electron chi connectivity index (χ4n) is 2.35. The number of carbonyl (C=O) groups excluding carboxylic acids is 1. The molecule has 0 fully saturated rings. The molecule has 2 aromatic rings. The van der Waals surface area contributed by atoms with Crippen LogP contribution in [-0.2, 0) is 9.53 Å². The van der Waals surface area contributed by atoms with Gasteiger partial charge in [-0.25, -0.2) is 4.79 Å². The van der Waals surface area contributed by atoms with Gasteiger partial charge in [0.15, 0.2) is 6.10 Å². The molecule has 2 aromatic carbocycles. The van der Waals surface area contributed by atoms with Crippen molar-refractivity contribution in [1.29, 1.82) is 5.26 Å².